The summed E-state index contributed by atoms with van der Waals surface area (Å²) in [4.78, 5) is 21.4. The van der Waals surface area contributed by atoms with E-state index in [2.05, 4.69) is 16.1 Å². The van der Waals surface area contributed by atoms with Gasteiger partial charge in [-0.3, -0.25) is 4.79 Å². The van der Waals surface area contributed by atoms with Crippen LogP contribution in [0.3, 0.4) is 0 Å². The van der Waals surface area contributed by atoms with Gasteiger partial charge in [-0.15, -0.1) is 0 Å². The third-order valence-corrected chi connectivity index (χ3v) is 1.20. The molecule has 0 aliphatic carbocycles. The fraction of sp³-hybridized carbons (Fsp3) is 0.500. The lowest BCUT2D eigenvalue weighted by atomic mass is 10.2. The Morgan fingerprint density at radius 2 is 2.23 bits per heavy atom. The first-order chi connectivity index (χ1) is 6.11. The lowest BCUT2D eigenvalue weighted by Crippen LogP contribution is -2.25. The van der Waals surface area contributed by atoms with Crippen LogP contribution >= 0.6 is 0 Å². The average molecular weight is 188 g/mol. The molecule has 0 aromatic carbocycles. The standard InChI is InChI=1S/C8H12O5/c1-3-4-13-7(10)5-6(9)8(11)12-2/h3,6,9H,1,4-5H2,2H3/t6-/m0/s1. The summed E-state index contributed by atoms with van der Waals surface area (Å²) in [6, 6.07) is 0. The second kappa shape index (κ2) is 6.19. The first-order valence-electron chi connectivity index (χ1n) is 3.64. The average Bonchev–Trinajstić information content (AvgIpc) is 2.13. The summed E-state index contributed by atoms with van der Waals surface area (Å²) in [7, 11) is 1.13. The van der Waals surface area contributed by atoms with Gasteiger partial charge in [-0.05, 0) is 0 Å². The van der Waals surface area contributed by atoms with Crippen LogP contribution in [0.5, 0.6) is 0 Å². The molecule has 5 heteroatoms. The molecular formula is C8H12O5. The van der Waals surface area contributed by atoms with Crippen molar-refractivity contribution in [2.45, 2.75) is 12.5 Å². The van der Waals surface area contributed by atoms with Gasteiger partial charge in [-0.2, -0.15) is 0 Å². The lowest BCUT2D eigenvalue weighted by molar-refractivity contribution is -0.157. The van der Waals surface area contributed by atoms with Crippen molar-refractivity contribution in [3.05, 3.63) is 12.7 Å². The highest BCUT2D eigenvalue weighted by Gasteiger charge is 2.19. The van der Waals surface area contributed by atoms with E-state index >= 15 is 0 Å². The Hall–Kier alpha value is -1.36. The molecule has 74 valence electrons. The minimum Gasteiger partial charge on any atom is -0.467 e. The molecule has 0 aromatic heterocycles. The molecule has 0 aromatic rings. The third-order valence-electron chi connectivity index (χ3n) is 1.20. The van der Waals surface area contributed by atoms with E-state index in [-0.39, 0.29) is 6.61 Å². The Morgan fingerprint density at radius 1 is 1.62 bits per heavy atom. The molecule has 0 heterocycles. The zero-order chi connectivity index (χ0) is 10.3. The highest BCUT2D eigenvalue weighted by atomic mass is 16.5. The minimum atomic E-state index is -1.46. The molecule has 5 nitrogen and oxygen atoms in total. The molecule has 0 fully saturated rings. The molecular weight excluding hydrogens is 176 g/mol. The number of carbonyl (C=O) groups excluding carboxylic acids is 2. The number of hydrogen-bond donors (Lipinski definition) is 1. The van der Waals surface area contributed by atoms with Gasteiger partial charge in [-0.1, -0.05) is 12.7 Å². The van der Waals surface area contributed by atoms with Gasteiger partial charge in [0.2, 0.25) is 0 Å². The summed E-state index contributed by atoms with van der Waals surface area (Å²) < 4.78 is 8.73. The largest absolute Gasteiger partial charge is 0.467 e. The number of aliphatic hydroxyl groups is 1. The molecule has 0 saturated carbocycles. The van der Waals surface area contributed by atoms with Gasteiger partial charge in [-0.25, -0.2) is 4.79 Å². The second-order valence-corrected chi connectivity index (χ2v) is 2.21. The molecule has 0 bridgehead atoms. The Kier molecular flexibility index (Phi) is 5.54. The lowest BCUT2D eigenvalue weighted by Gasteiger charge is -2.06. The number of ether oxygens (including phenoxy) is 2. The molecule has 1 N–H and O–H groups in total. The molecule has 13 heavy (non-hydrogen) atoms. The predicted molar refractivity (Wildman–Crippen MR) is 43.8 cm³/mol. The number of aliphatic hydroxyl groups excluding tert-OH is 1. The number of methoxy groups -OCH3 is 1. The normalized spacial score (nSPS) is 11.5. The fourth-order valence-corrected chi connectivity index (χ4v) is 0.588. The SMILES string of the molecule is C=CCOC(=O)C[C@H](O)C(=O)OC. The topological polar surface area (TPSA) is 72.8 Å². The van der Waals surface area contributed by atoms with Crippen molar-refractivity contribution in [1.82, 2.24) is 0 Å². The van der Waals surface area contributed by atoms with Crippen molar-refractivity contribution < 1.29 is 24.2 Å². The number of rotatable bonds is 5. The maximum Gasteiger partial charge on any atom is 0.335 e. The highest BCUT2D eigenvalue weighted by molar-refractivity contribution is 5.81. The van der Waals surface area contributed by atoms with Gasteiger partial charge >= 0.3 is 11.9 Å². The zero-order valence-electron chi connectivity index (χ0n) is 7.36. The smallest absolute Gasteiger partial charge is 0.335 e. The molecule has 0 rings (SSSR count). The quantitative estimate of drug-likeness (QED) is 0.471. The van der Waals surface area contributed by atoms with Crippen LogP contribution in [0.15, 0.2) is 12.7 Å². The summed E-state index contributed by atoms with van der Waals surface area (Å²) in [6.07, 6.45) is -0.467. The van der Waals surface area contributed by atoms with Crippen molar-refractivity contribution in [3.8, 4) is 0 Å². The maximum absolute atomic E-state index is 10.8. The van der Waals surface area contributed by atoms with E-state index in [4.69, 9.17) is 5.11 Å². The molecule has 0 spiro atoms. The van der Waals surface area contributed by atoms with E-state index in [1.807, 2.05) is 0 Å². The van der Waals surface area contributed by atoms with Gasteiger partial charge in [0.1, 0.15) is 6.61 Å². The fourth-order valence-electron chi connectivity index (χ4n) is 0.588. The summed E-state index contributed by atoms with van der Waals surface area (Å²) in [6.45, 7) is 3.39. The van der Waals surface area contributed by atoms with Crippen LogP contribution in [0, 0.1) is 0 Å². The molecule has 0 saturated heterocycles. The molecule has 0 aliphatic rings. The van der Waals surface area contributed by atoms with Crippen molar-refractivity contribution in [1.29, 1.82) is 0 Å². The van der Waals surface area contributed by atoms with Crippen LogP contribution in [-0.2, 0) is 19.1 Å². The molecule has 0 radical (unpaired) electrons. The van der Waals surface area contributed by atoms with Crippen molar-refractivity contribution in [2.75, 3.05) is 13.7 Å². The number of esters is 2. The van der Waals surface area contributed by atoms with Crippen LogP contribution < -0.4 is 0 Å². The number of hydrogen-bond acceptors (Lipinski definition) is 5. The summed E-state index contributed by atoms with van der Waals surface area (Å²) in [5.41, 5.74) is 0. The highest BCUT2D eigenvalue weighted by Crippen LogP contribution is 1.96. The number of carbonyl (C=O) groups is 2. The monoisotopic (exact) mass is 188 g/mol. The predicted octanol–water partition coefficient (Wildman–Crippen LogP) is -0.360. The van der Waals surface area contributed by atoms with E-state index in [1.165, 1.54) is 6.08 Å². The van der Waals surface area contributed by atoms with E-state index in [1.54, 1.807) is 0 Å². The van der Waals surface area contributed by atoms with Crippen LogP contribution in [0.25, 0.3) is 0 Å². The van der Waals surface area contributed by atoms with Crippen molar-refractivity contribution in [2.24, 2.45) is 0 Å². The van der Waals surface area contributed by atoms with Gasteiger partial charge in [0.15, 0.2) is 6.10 Å². The summed E-state index contributed by atoms with van der Waals surface area (Å²) >= 11 is 0. The van der Waals surface area contributed by atoms with Crippen molar-refractivity contribution >= 4 is 11.9 Å². The Morgan fingerprint density at radius 3 is 2.69 bits per heavy atom. The van der Waals surface area contributed by atoms with Crippen LogP contribution in [0.4, 0.5) is 0 Å². The van der Waals surface area contributed by atoms with Gasteiger partial charge in [0, 0.05) is 0 Å². The van der Waals surface area contributed by atoms with E-state index in [0.717, 1.165) is 7.11 Å². The van der Waals surface area contributed by atoms with Crippen LogP contribution in [-0.4, -0.2) is 36.9 Å². The van der Waals surface area contributed by atoms with E-state index < -0.39 is 24.5 Å². The Balaban J connectivity index is 3.77. The first kappa shape index (κ1) is 11.6. The molecule has 0 aliphatic heterocycles. The zero-order valence-corrected chi connectivity index (χ0v) is 7.36. The molecule has 0 amide bonds. The van der Waals surface area contributed by atoms with Gasteiger partial charge < -0.3 is 14.6 Å². The van der Waals surface area contributed by atoms with Gasteiger partial charge in [0.25, 0.3) is 0 Å². The Bertz CT molecular complexity index is 199. The van der Waals surface area contributed by atoms with Crippen LogP contribution in [0.1, 0.15) is 6.42 Å². The van der Waals surface area contributed by atoms with Crippen LogP contribution in [0.2, 0.25) is 0 Å². The van der Waals surface area contributed by atoms with Gasteiger partial charge in [0.05, 0.1) is 13.5 Å². The third kappa shape index (κ3) is 4.97. The second-order valence-electron chi connectivity index (χ2n) is 2.21. The maximum atomic E-state index is 10.8. The summed E-state index contributed by atoms with van der Waals surface area (Å²) in [5.74, 6) is -1.52. The van der Waals surface area contributed by atoms with E-state index in [0.29, 0.717) is 0 Å². The Labute approximate surface area is 75.9 Å². The first-order valence-corrected chi connectivity index (χ1v) is 3.64. The summed E-state index contributed by atoms with van der Waals surface area (Å²) in [5, 5.41) is 8.99. The minimum absolute atomic E-state index is 0.0622. The molecule has 0 unspecified atom stereocenters. The van der Waals surface area contributed by atoms with Crippen molar-refractivity contribution in [3.63, 3.8) is 0 Å². The van der Waals surface area contributed by atoms with E-state index in [9.17, 15) is 9.59 Å². The molecule has 1 atom stereocenters.